The van der Waals surface area contributed by atoms with E-state index in [4.69, 9.17) is 21.4 Å². The van der Waals surface area contributed by atoms with Crippen LogP contribution in [0.4, 0.5) is 0 Å². The van der Waals surface area contributed by atoms with E-state index in [2.05, 4.69) is 10.3 Å². The fourth-order valence-electron chi connectivity index (χ4n) is 1.70. The van der Waals surface area contributed by atoms with Crippen LogP contribution in [-0.4, -0.2) is 33.2 Å². The predicted molar refractivity (Wildman–Crippen MR) is 69.0 cm³/mol. The lowest BCUT2D eigenvalue weighted by molar-refractivity contribution is -0.136. The van der Waals surface area contributed by atoms with Crippen LogP contribution in [0.2, 0.25) is 5.02 Å². The number of hydrogen-bond donors (Lipinski definition) is 1. The van der Waals surface area contributed by atoms with Crippen LogP contribution in [0.1, 0.15) is 11.4 Å². The van der Waals surface area contributed by atoms with Gasteiger partial charge in [0.05, 0.1) is 35.6 Å². The van der Waals surface area contributed by atoms with Crippen LogP contribution in [0.15, 0.2) is 18.2 Å². The lowest BCUT2D eigenvalue weighted by Gasteiger charge is -2.07. The van der Waals surface area contributed by atoms with Crippen molar-refractivity contribution in [3.05, 3.63) is 34.6 Å². The molecule has 0 saturated heterocycles. The Labute approximate surface area is 114 Å². The first-order chi connectivity index (χ1) is 9.02. The van der Waals surface area contributed by atoms with Crippen LogP contribution >= 0.6 is 11.6 Å². The zero-order valence-electron chi connectivity index (χ0n) is 10.4. The van der Waals surface area contributed by atoms with Crippen LogP contribution in [0.5, 0.6) is 5.75 Å². The Morgan fingerprint density at radius 1 is 1.53 bits per heavy atom. The highest BCUT2D eigenvalue weighted by Crippen LogP contribution is 2.27. The maximum absolute atomic E-state index is 10.7. The first-order valence-corrected chi connectivity index (χ1v) is 5.87. The third-order valence-electron chi connectivity index (χ3n) is 2.69. The van der Waals surface area contributed by atoms with Crippen LogP contribution in [0, 0.1) is 6.92 Å². The molecule has 0 amide bonds. The number of halogens is 1. The molecule has 0 aliphatic rings. The number of carbonyl (C=O) groups is 1. The molecule has 1 heterocycles. The van der Waals surface area contributed by atoms with Crippen molar-refractivity contribution in [2.24, 2.45) is 0 Å². The number of methoxy groups -OCH3 is 1. The van der Waals surface area contributed by atoms with E-state index in [0.29, 0.717) is 27.8 Å². The number of aliphatic carboxylic acids is 1. The van der Waals surface area contributed by atoms with E-state index in [1.54, 1.807) is 29.8 Å². The summed E-state index contributed by atoms with van der Waals surface area (Å²) in [5.41, 5.74) is 1.80. The molecule has 1 N–H and O–H groups in total. The minimum absolute atomic E-state index is 0.157. The Morgan fingerprint density at radius 2 is 2.26 bits per heavy atom. The maximum atomic E-state index is 10.7. The number of ether oxygens (including phenoxy) is 1. The van der Waals surface area contributed by atoms with Gasteiger partial charge in [-0.2, -0.15) is 0 Å². The standard InChI is InChI=1S/C12H12ClN3O3/c1-7-10(6-12(17)18)14-15-16(7)8-3-4-11(19-2)9(13)5-8/h3-5H,6H2,1-2H3,(H,17,18). The number of nitrogens with zero attached hydrogens (tertiary/aromatic N) is 3. The fraction of sp³-hybridized carbons (Fsp3) is 0.250. The van der Waals surface area contributed by atoms with Crippen molar-refractivity contribution in [1.29, 1.82) is 0 Å². The molecule has 7 heteroatoms. The maximum Gasteiger partial charge on any atom is 0.309 e. The van der Waals surface area contributed by atoms with Gasteiger partial charge in [0.15, 0.2) is 0 Å². The van der Waals surface area contributed by atoms with Crippen molar-refractivity contribution in [3.63, 3.8) is 0 Å². The quantitative estimate of drug-likeness (QED) is 0.925. The Balaban J connectivity index is 2.39. The largest absolute Gasteiger partial charge is 0.495 e. The number of benzene rings is 1. The molecule has 0 fully saturated rings. The van der Waals surface area contributed by atoms with Crippen LogP contribution in [0.25, 0.3) is 5.69 Å². The van der Waals surface area contributed by atoms with Crippen molar-refractivity contribution in [1.82, 2.24) is 15.0 Å². The van der Waals surface area contributed by atoms with Gasteiger partial charge in [0.2, 0.25) is 0 Å². The number of rotatable bonds is 4. The number of carboxylic acid groups (broad SMARTS) is 1. The van der Waals surface area contributed by atoms with E-state index in [1.807, 2.05) is 0 Å². The van der Waals surface area contributed by atoms with Crippen molar-refractivity contribution < 1.29 is 14.6 Å². The zero-order chi connectivity index (χ0) is 14.0. The number of aromatic nitrogens is 3. The average Bonchev–Trinajstić information content (AvgIpc) is 2.70. The average molecular weight is 282 g/mol. The molecule has 0 atom stereocenters. The van der Waals surface area contributed by atoms with Gasteiger partial charge < -0.3 is 9.84 Å². The van der Waals surface area contributed by atoms with E-state index >= 15 is 0 Å². The molecular formula is C12H12ClN3O3. The topological polar surface area (TPSA) is 77.2 Å². The van der Waals surface area contributed by atoms with Gasteiger partial charge in [-0.05, 0) is 25.1 Å². The first kappa shape index (κ1) is 13.4. The first-order valence-electron chi connectivity index (χ1n) is 5.50. The predicted octanol–water partition coefficient (Wildman–Crippen LogP) is 1.86. The molecule has 1 aromatic heterocycles. The van der Waals surface area contributed by atoms with Crippen molar-refractivity contribution in [3.8, 4) is 11.4 Å². The summed E-state index contributed by atoms with van der Waals surface area (Å²) in [6.45, 7) is 1.76. The summed E-state index contributed by atoms with van der Waals surface area (Å²) in [5.74, 6) is -0.378. The lowest BCUT2D eigenvalue weighted by Crippen LogP contribution is -2.03. The third kappa shape index (κ3) is 2.68. The summed E-state index contributed by atoms with van der Waals surface area (Å²) in [4.78, 5) is 10.7. The van der Waals surface area contributed by atoms with E-state index < -0.39 is 5.97 Å². The van der Waals surface area contributed by atoms with Gasteiger partial charge in [-0.3, -0.25) is 4.79 Å². The molecule has 6 nitrogen and oxygen atoms in total. The van der Waals surface area contributed by atoms with Gasteiger partial charge in [0.25, 0.3) is 0 Å². The molecule has 0 aliphatic heterocycles. The van der Waals surface area contributed by atoms with Gasteiger partial charge in [0.1, 0.15) is 5.75 Å². The van der Waals surface area contributed by atoms with Crippen LogP contribution < -0.4 is 4.74 Å². The minimum Gasteiger partial charge on any atom is -0.495 e. The van der Waals surface area contributed by atoms with Crippen molar-refractivity contribution >= 4 is 17.6 Å². The highest BCUT2D eigenvalue weighted by atomic mass is 35.5. The zero-order valence-corrected chi connectivity index (χ0v) is 11.2. The molecule has 0 radical (unpaired) electrons. The third-order valence-corrected chi connectivity index (χ3v) is 2.98. The van der Waals surface area contributed by atoms with E-state index in [-0.39, 0.29) is 6.42 Å². The van der Waals surface area contributed by atoms with Crippen molar-refractivity contribution in [2.75, 3.05) is 7.11 Å². The lowest BCUT2D eigenvalue weighted by atomic mass is 10.2. The second-order valence-electron chi connectivity index (χ2n) is 3.92. The number of hydrogen-bond acceptors (Lipinski definition) is 4. The van der Waals surface area contributed by atoms with Crippen LogP contribution in [-0.2, 0) is 11.2 Å². The molecule has 100 valence electrons. The van der Waals surface area contributed by atoms with Crippen molar-refractivity contribution in [2.45, 2.75) is 13.3 Å². The normalized spacial score (nSPS) is 10.5. The van der Waals surface area contributed by atoms with E-state index in [1.165, 1.54) is 7.11 Å². The Hall–Kier alpha value is -2.08. The molecule has 2 rings (SSSR count). The molecular weight excluding hydrogens is 270 g/mol. The molecule has 0 saturated carbocycles. The SMILES string of the molecule is COc1ccc(-n2nnc(CC(=O)O)c2C)cc1Cl. The van der Waals surface area contributed by atoms with Gasteiger partial charge >= 0.3 is 5.97 Å². The summed E-state index contributed by atoms with van der Waals surface area (Å²) >= 11 is 6.04. The summed E-state index contributed by atoms with van der Waals surface area (Å²) < 4.78 is 6.61. The molecule has 0 unspecified atom stereocenters. The molecule has 2 aromatic rings. The molecule has 0 aliphatic carbocycles. The summed E-state index contributed by atoms with van der Waals surface area (Å²) in [7, 11) is 1.53. The molecule has 0 spiro atoms. The van der Waals surface area contributed by atoms with Gasteiger partial charge in [-0.25, -0.2) is 4.68 Å². The van der Waals surface area contributed by atoms with Gasteiger partial charge in [-0.15, -0.1) is 5.10 Å². The number of carboxylic acids is 1. The summed E-state index contributed by atoms with van der Waals surface area (Å²) in [6.07, 6.45) is -0.157. The van der Waals surface area contributed by atoms with Gasteiger partial charge in [-0.1, -0.05) is 16.8 Å². The summed E-state index contributed by atoms with van der Waals surface area (Å²) in [5, 5.41) is 17.0. The summed E-state index contributed by atoms with van der Waals surface area (Å²) in [6, 6.07) is 5.18. The van der Waals surface area contributed by atoms with Crippen LogP contribution in [0.3, 0.4) is 0 Å². The van der Waals surface area contributed by atoms with E-state index in [0.717, 1.165) is 0 Å². The smallest absolute Gasteiger partial charge is 0.309 e. The van der Waals surface area contributed by atoms with E-state index in [9.17, 15) is 4.79 Å². The Kier molecular flexibility index (Phi) is 3.71. The molecule has 19 heavy (non-hydrogen) atoms. The highest BCUT2D eigenvalue weighted by molar-refractivity contribution is 6.32. The second kappa shape index (κ2) is 5.27. The molecule has 0 bridgehead atoms. The Bertz CT molecular complexity index is 625. The fourth-order valence-corrected chi connectivity index (χ4v) is 1.95. The monoisotopic (exact) mass is 281 g/mol. The Morgan fingerprint density at radius 3 is 2.84 bits per heavy atom. The minimum atomic E-state index is -0.942. The second-order valence-corrected chi connectivity index (χ2v) is 4.33. The highest BCUT2D eigenvalue weighted by Gasteiger charge is 2.13. The molecule has 1 aromatic carbocycles. The van der Waals surface area contributed by atoms with Gasteiger partial charge in [0, 0.05) is 0 Å².